The standard InChI is InChI=1S/C24H20F5N5O2/c25-16-2-1-13(19(26)8-16)11-31-21-9-20(23(36)32-17-3-5-18(35)6-4-17)33-22(34-21)14-7-15(12-30-10-14)24(27,28)29/h1-2,7-10,12,17H,3-6,11H2,(H,32,36)(H,31,33,34). The number of rotatable bonds is 6. The van der Waals surface area contributed by atoms with Crippen LogP contribution in [0, 0.1) is 11.6 Å². The fourth-order valence-electron chi connectivity index (χ4n) is 3.69. The molecule has 4 rings (SSSR count). The van der Waals surface area contributed by atoms with Gasteiger partial charge in [0.25, 0.3) is 5.91 Å². The molecule has 0 aliphatic heterocycles. The van der Waals surface area contributed by atoms with E-state index in [1.807, 2.05) is 0 Å². The number of hydrogen-bond acceptors (Lipinski definition) is 6. The van der Waals surface area contributed by atoms with Gasteiger partial charge < -0.3 is 10.6 Å². The Hall–Kier alpha value is -3.96. The minimum atomic E-state index is -4.66. The first-order valence-corrected chi connectivity index (χ1v) is 11.0. The highest BCUT2D eigenvalue weighted by Gasteiger charge is 2.31. The summed E-state index contributed by atoms with van der Waals surface area (Å²) >= 11 is 0. The van der Waals surface area contributed by atoms with Crippen LogP contribution in [0.3, 0.4) is 0 Å². The zero-order chi connectivity index (χ0) is 25.9. The Bertz CT molecular complexity index is 1290. The average molecular weight is 505 g/mol. The summed E-state index contributed by atoms with van der Waals surface area (Å²) in [6.45, 7) is -0.144. The number of Topliss-reactive ketones (excluding diaryl/α,β-unsaturated/α-hetero) is 1. The normalized spacial score (nSPS) is 14.5. The van der Waals surface area contributed by atoms with E-state index in [1.165, 1.54) is 12.1 Å². The number of aromatic nitrogens is 3. The maximum Gasteiger partial charge on any atom is 0.417 e. The number of carbonyl (C=O) groups is 2. The van der Waals surface area contributed by atoms with Crippen molar-refractivity contribution in [3.63, 3.8) is 0 Å². The van der Waals surface area contributed by atoms with Crippen LogP contribution in [0.25, 0.3) is 11.4 Å². The van der Waals surface area contributed by atoms with E-state index in [0.29, 0.717) is 37.9 Å². The van der Waals surface area contributed by atoms with Crippen molar-refractivity contribution in [1.82, 2.24) is 20.3 Å². The van der Waals surface area contributed by atoms with E-state index in [-0.39, 0.29) is 46.8 Å². The highest BCUT2D eigenvalue weighted by atomic mass is 19.4. The van der Waals surface area contributed by atoms with Crippen molar-refractivity contribution < 1.29 is 31.5 Å². The smallest absolute Gasteiger partial charge is 0.366 e. The van der Waals surface area contributed by atoms with Gasteiger partial charge in [0.15, 0.2) is 5.82 Å². The van der Waals surface area contributed by atoms with Gasteiger partial charge in [-0.1, -0.05) is 6.07 Å². The van der Waals surface area contributed by atoms with Gasteiger partial charge in [0, 0.05) is 61.1 Å². The number of amides is 1. The maximum atomic E-state index is 14.0. The van der Waals surface area contributed by atoms with Crippen molar-refractivity contribution in [3.05, 3.63) is 71.2 Å². The number of halogens is 5. The predicted molar refractivity (Wildman–Crippen MR) is 119 cm³/mol. The fourth-order valence-corrected chi connectivity index (χ4v) is 3.69. The number of nitrogens with zero attached hydrogens (tertiary/aromatic N) is 3. The highest BCUT2D eigenvalue weighted by molar-refractivity contribution is 5.94. The van der Waals surface area contributed by atoms with Crippen LogP contribution in [-0.2, 0) is 17.5 Å². The molecule has 0 bridgehead atoms. The molecule has 0 radical (unpaired) electrons. The molecule has 0 atom stereocenters. The Labute approximate surface area is 202 Å². The summed E-state index contributed by atoms with van der Waals surface area (Å²) in [5.74, 6) is -2.22. The van der Waals surface area contributed by atoms with E-state index in [9.17, 15) is 31.5 Å². The Kier molecular flexibility index (Phi) is 7.22. The first-order chi connectivity index (χ1) is 17.1. The van der Waals surface area contributed by atoms with Gasteiger partial charge in [0.2, 0.25) is 0 Å². The SMILES string of the molecule is O=C1CCC(NC(=O)c2cc(NCc3ccc(F)cc3F)nc(-c3cncc(C(F)(F)F)c3)n2)CC1. The van der Waals surface area contributed by atoms with Gasteiger partial charge in [-0.05, 0) is 25.0 Å². The molecule has 0 unspecified atom stereocenters. The maximum absolute atomic E-state index is 14.0. The topological polar surface area (TPSA) is 96.9 Å². The number of pyridine rings is 1. The summed E-state index contributed by atoms with van der Waals surface area (Å²) < 4.78 is 66.8. The third-order valence-corrected chi connectivity index (χ3v) is 5.64. The lowest BCUT2D eigenvalue weighted by atomic mass is 9.94. The minimum Gasteiger partial charge on any atom is -0.366 e. The lowest BCUT2D eigenvalue weighted by Crippen LogP contribution is -2.38. The molecule has 1 aromatic carbocycles. The molecule has 1 aliphatic rings. The van der Waals surface area contributed by atoms with Gasteiger partial charge >= 0.3 is 6.18 Å². The molecular formula is C24H20F5N5O2. The lowest BCUT2D eigenvalue weighted by Gasteiger charge is -2.22. The number of ketones is 1. The molecule has 3 aromatic rings. The van der Waals surface area contributed by atoms with E-state index in [4.69, 9.17) is 0 Å². The summed E-state index contributed by atoms with van der Waals surface area (Å²) in [7, 11) is 0. The monoisotopic (exact) mass is 505 g/mol. The Morgan fingerprint density at radius 2 is 1.78 bits per heavy atom. The Morgan fingerprint density at radius 3 is 2.47 bits per heavy atom. The van der Waals surface area contributed by atoms with Crippen LogP contribution in [-0.4, -0.2) is 32.7 Å². The Balaban J connectivity index is 1.64. The quantitative estimate of drug-likeness (QED) is 0.472. The zero-order valence-electron chi connectivity index (χ0n) is 18.7. The second-order valence-electron chi connectivity index (χ2n) is 8.30. The van der Waals surface area contributed by atoms with E-state index in [2.05, 4.69) is 25.6 Å². The van der Waals surface area contributed by atoms with Gasteiger partial charge in [0.1, 0.15) is 28.9 Å². The van der Waals surface area contributed by atoms with Gasteiger partial charge in [0.05, 0.1) is 5.56 Å². The van der Waals surface area contributed by atoms with Crippen molar-refractivity contribution in [3.8, 4) is 11.4 Å². The fraction of sp³-hybridized carbons (Fsp3) is 0.292. The van der Waals surface area contributed by atoms with Crippen LogP contribution >= 0.6 is 0 Å². The van der Waals surface area contributed by atoms with E-state index >= 15 is 0 Å². The summed E-state index contributed by atoms with van der Waals surface area (Å²) in [4.78, 5) is 36.3. The molecule has 188 valence electrons. The van der Waals surface area contributed by atoms with Crippen LogP contribution in [0.4, 0.5) is 27.8 Å². The third kappa shape index (κ3) is 6.18. The van der Waals surface area contributed by atoms with Crippen molar-refractivity contribution in [2.45, 2.75) is 44.4 Å². The van der Waals surface area contributed by atoms with Gasteiger partial charge in [-0.2, -0.15) is 13.2 Å². The van der Waals surface area contributed by atoms with Crippen LogP contribution in [0.5, 0.6) is 0 Å². The summed E-state index contributed by atoms with van der Waals surface area (Å²) in [5, 5.41) is 5.58. The molecule has 2 N–H and O–H groups in total. The van der Waals surface area contributed by atoms with E-state index in [1.54, 1.807) is 0 Å². The molecule has 7 nitrogen and oxygen atoms in total. The van der Waals surface area contributed by atoms with Crippen LogP contribution < -0.4 is 10.6 Å². The number of benzene rings is 1. The number of hydrogen-bond donors (Lipinski definition) is 2. The number of anilines is 1. The molecule has 12 heteroatoms. The predicted octanol–water partition coefficient (Wildman–Crippen LogP) is 4.69. The molecule has 1 amide bonds. The number of alkyl halides is 3. The van der Waals surface area contributed by atoms with E-state index in [0.717, 1.165) is 18.3 Å². The van der Waals surface area contributed by atoms with Gasteiger partial charge in [-0.3, -0.25) is 14.6 Å². The number of nitrogens with one attached hydrogen (secondary N) is 2. The van der Waals surface area contributed by atoms with Crippen molar-refractivity contribution >= 4 is 17.5 Å². The molecule has 36 heavy (non-hydrogen) atoms. The van der Waals surface area contributed by atoms with Gasteiger partial charge in [-0.25, -0.2) is 18.7 Å². The van der Waals surface area contributed by atoms with Crippen molar-refractivity contribution in [2.24, 2.45) is 0 Å². The van der Waals surface area contributed by atoms with Crippen molar-refractivity contribution in [2.75, 3.05) is 5.32 Å². The molecule has 1 aliphatic carbocycles. The summed E-state index contributed by atoms with van der Waals surface area (Å²) in [6.07, 6.45) is -1.26. The van der Waals surface area contributed by atoms with Crippen molar-refractivity contribution in [1.29, 1.82) is 0 Å². The molecular weight excluding hydrogens is 485 g/mol. The largest absolute Gasteiger partial charge is 0.417 e. The van der Waals surface area contributed by atoms with Crippen LogP contribution in [0.15, 0.2) is 42.7 Å². The molecule has 0 spiro atoms. The highest BCUT2D eigenvalue weighted by Crippen LogP contribution is 2.31. The van der Waals surface area contributed by atoms with Crippen LogP contribution in [0.2, 0.25) is 0 Å². The molecule has 0 saturated heterocycles. The third-order valence-electron chi connectivity index (χ3n) is 5.64. The molecule has 2 aromatic heterocycles. The second-order valence-corrected chi connectivity index (χ2v) is 8.30. The molecule has 2 heterocycles. The second kappa shape index (κ2) is 10.3. The zero-order valence-corrected chi connectivity index (χ0v) is 18.7. The Morgan fingerprint density at radius 1 is 1.03 bits per heavy atom. The molecule has 1 fully saturated rings. The van der Waals surface area contributed by atoms with E-state index < -0.39 is 29.3 Å². The van der Waals surface area contributed by atoms with Crippen LogP contribution in [0.1, 0.15) is 47.3 Å². The summed E-state index contributed by atoms with van der Waals surface area (Å²) in [6, 6.07) is 4.84. The minimum absolute atomic E-state index is 0.0325. The number of carbonyl (C=O) groups excluding carboxylic acids is 2. The average Bonchev–Trinajstić information content (AvgIpc) is 2.84. The first-order valence-electron chi connectivity index (χ1n) is 11.0. The van der Waals surface area contributed by atoms with Gasteiger partial charge in [-0.15, -0.1) is 0 Å². The summed E-state index contributed by atoms with van der Waals surface area (Å²) in [5.41, 5.74) is -1.14. The molecule has 1 saturated carbocycles. The lowest BCUT2D eigenvalue weighted by molar-refractivity contribution is -0.137. The first kappa shape index (κ1) is 25.1.